The normalized spacial score (nSPS) is 11.9. The summed E-state index contributed by atoms with van der Waals surface area (Å²) in [6.45, 7) is 0. The van der Waals surface area contributed by atoms with Crippen molar-refractivity contribution in [2.45, 2.75) is 10.1 Å². The van der Waals surface area contributed by atoms with Gasteiger partial charge in [0.15, 0.2) is 5.13 Å². The second-order valence-corrected chi connectivity index (χ2v) is 12.9. The average Bonchev–Trinajstić information content (AvgIpc) is 3.50. The van der Waals surface area contributed by atoms with Gasteiger partial charge in [-0.2, -0.15) is 0 Å². The van der Waals surface area contributed by atoms with Crippen LogP contribution >= 0.6 is 34.7 Å². The Balaban J connectivity index is 1.18. The van der Waals surface area contributed by atoms with Gasteiger partial charge in [0.1, 0.15) is 10.9 Å². The first-order valence-electron chi connectivity index (χ1n) is 14.5. The number of fused-ring (bicyclic) bond motifs is 1. The first-order valence-corrected chi connectivity index (χ1v) is 16.6. The lowest BCUT2D eigenvalue weighted by Gasteiger charge is -2.16. The van der Waals surface area contributed by atoms with Crippen LogP contribution in [-0.4, -0.2) is 22.7 Å². The molecule has 0 aliphatic rings. The summed E-state index contributed by atoms with van der Waals surface area (Å²) in [7, 11) is 0. The molecule has 0 spiro atoms. The summed E-state index contributed by atoms with van der Waals surface area (Å²) < 4.78 is 0.995. The summed E-state index contributed by atoms with van der Waals surface area (Å²) in [6, 6.07) is 40.1. The van der Waals surface area contributed by atoms with Crippen molar-refractivity contribution in [3.05, 3.63) is 161 Å². The highest BCUT2D eigenvalue weighted by Crippen LogP contribution is 2.37. The average molecular weight is 675 g/mol. The first kappa shape index (κ1) is 31.7. The van der Waals surface area contributed by atoms with Crippen LogP contribution in [0, 0.1) is 0 Å². The minimum Gasteiger partial charge on any atom is -0.321 e. The molecule has 47 heavy (non-hydrogen) atoms. The van der Waals surface area contributed by atoms with Crippen molar-refractivity contribution in [3.63, 3.8) is 0 Å². The molecule has 1 aromatic heterocycles. The van der Waals surface area contributed by atoms with E-state index in [4.69, 9.17) is 11.6 Å². The molecule has 3 N–H and O–H groups in total. The maximum atomic E-state index is 13.6. The van der Waals surface area contributed by atoms with Gasteiger partial charge in [0, 0.05) is 21.2 Å². The monoisotopic (exact) mass is 674 g/mol. The van der Waals surface area contributed by atoms with E-state index in [1.165, 1.54) is 23.1 Å². The standard InChI is InChI=1S/C37H27ClN4O3S2/c38-27-15-9-10-24(22-27)23-31(40-34(43)26-13-5-2-6-14-26)35(44)39-28-18-20-29(21-19-28)46-33(25-11-3-1-4-12-25)36(45)42-37-41-30-16-7-8-17-32(30)47-37/h1-23,33H,(H,39,44)(H,40,43)(H,41,42,45)/b31-23-. The molecule has 0 fully saturated rings. The lowest BCUT2D eigenvalue weighted by molar-refractivity contribution is -0.116. The van der Waals surface area contributed by atoms with Gasteiger partial charge in [-0.15, -0.1) is 11.8 Å². The van der Waals surface area contributed by atoms with Crippen LogP contribution in [0.3, 0.4) is 0 Å². The second-order valence-electron chi connectivity index (χ2n) is 10.3. The summed E-state index contributed by atoms with van der Waals surface area (Å²) in [6.07, 6.45) is 1.57. The molecule has 0 saturated carbocycles. The zero-order valence-corrected chi connectivity index (χ0v) is 27.1. The predicted molar refractivity (Wildman–Crippen MR) is 192 cm³/mol. The molecule has 6 aromatic rings. The number of hydrogen-bond donors (Lipinski definition) is 3. The predicted octanol–water partition coefficient (Wildman–Crippen LogP) is 8.83. The van der Waals surface area contributed by atoms with Crippen molar-refractivity contribution >= 4 is 79.5 Å². The second kappa shape index (κ2) is 14.9. The molecule has 1 heterocycles. The zero-order valence-electron chi connectivity index (χ0n) is 24.7. The smallest absolute Gasteiger partial charge is 0.272 e. The molecule has 0 saturated heterocycles. The Morgan fingerprint density at radius 2 is 1.47 bits per heavy atom. The summed E-state index contributed by atoms with van der Waals surface area (Å²) in [5.41, 5.74) is 3.31. The van der Waals surface area contributed by atoms with Gasteiger partial charge in [0.2, 0.25) is 5.91 Å². The van der Waals surface area contributed by atoms with Gasteiger partial charge in [-0.3, -0.25) is 14.4 Å². The van der Waals surface area contributed by atoms with E-state index in [0.717, 1.165) is 20.7 Å². The Morgan fingerprint density at radius 1 is 0.766 bits per heavy atom. The molecule has 0 bridgehead atoms. The summed E-state index contributed by atoms with van der Waals surface area (Å²) in [4.78, 5) is 45.4. The minimum atomic E-state index is -0.552. The number of para-hydroxylation sites is 1. The van der Waals surface area contributed by atoms with E-state index >= 15 is 0 Å². The van der Waals surface area contributed by atoms with Crippen LogP contribution in [0.15, 0.2) is 144 Å². The molecule has 6 rings (SSSR count). The maximum absolute atomic E-state index is 13.6. The van der Waals surface area contributed by atoms with Crippen LogP contribution in [0.1, 0.15) is 26.7 Å². The Kier molecular flexibility index (Phi) is 10.1. The van der Waals surface area contributed by atoms with Crippen molar-refractivity contribution in [1.82, 2.24) is 10.3 Å². The molecule has 10 heteroatoms. The van der Waals surface area contributed by atoms with Gasteiger partial charge in [0.05, 0.1) is 10.2 Å². The van der Waals surface area contributed by atoms with Crippen LogP contribution in [0.25, 0.3) is 16.3 Å². The number of thioether (sulfide) groups is 1. The van der Waals surface area contributed by atoms with E-state index in [-0.39, 0.29) is 11.6 Å². The van der Waals surface area contributed by atoms with Crippen LogP contribution in [0.4, 0.5) is 10.8 Å². The van der Waals surface area contributed by atoms with E-state index in [0.29, 0.717) is 27.0 Å². The highest BCUT2D eigenvalue weighted by Gasteiger charge is 2.23. The Bertz CT molecular complexity index is 2030. The van der Waals surface area contributed by atoms with Crippen molar-refractivity contribution in [2.24, 2.45) is 0 Å². The number of anilines is 2. The molecule has 7 nitrogen and oxygen atoms in total. The molecule has 232 valence electrons. The number of hydrogen-bond acceptors (Lipinski definition) is 6. The number of nitrogens with one attached hydrogen (secondary N) is 3. The van der Waals surface area contributed by atoms with Gasteiger partial charge < -0.3 is 16.0 Å². The van der Waals surface area contributed by atoms with Gasteiger partial charge >= 0.3 is 0 Å². The molecular weight excluding hydrogens is 648 g/mol. The molecule has 1 unspecified atom stereocenters. The molecule has 0 aliphatic carbocycles. The first-order chi connectivity index (χ1) is 22.9. The summed E-state index contributed by atoms with van der Waals surface area (Å²) in [5.74, 6) is -1.12. The van der Waals surface area contributed by atoms with E-state index in [1.807, 2.05) is 72.8 Å². The topological polar surface area (TPSA) is 100 Å². The fourth-order valence-electron chi connectivity index (χ4n) is 4.65. The van der Waals surface area contributed by atoms with E-state index < -0.39 is 17.1 Å². The fraction of sp³-hybridized carbons (Fsp3) is 0.0270. The van der Waals surface area contributed by atoms with Crippen molar-refractivity contribution in [2.75, 3.05) is 10.6 Å². The number of halogens is 1. The van der Waals surface area contributed by atoms with E-state index in [1.54, 1.807) is 66.7 Å². The molecular formula is C37H27ClN4O3S2. The van der Waals surface area contributed by atoms with Crippen LogP contribution in [0.2, 0.25) is 5.02 Å². The number of aromatic nitrogens is 1. The Morgan fingerprint density at radius 3 is 2.19 bits per heavy atom. The fourth-order valence-corrected chi connectivity index (χ4v) is 6.75. The Hall–Kier alpha value is -5.22. The number of carbonyl (C=O) groups is 3. The van der Waals surface area contributed by atoms with Gasteiger partial charge in [0.25, 0.3) is 11.8 Å². The number of amides is 3. The summed E-state index contributed by atoms with van der Waals surface area (Å²) >= 11 is 8.98. The lowest BCUT2D eigenvalue weighted by atomic mass is 10.1. The van der Waals surface area contributed by atoms with Crippen molar-refractivity contribution in [3.8, 4) is 0 Å². The van der Waals surface area contributed by atoms with Crippen LogP contribution < -0.4 is 16.0 Å². The minimum absolute atomic E-state index is 0.0511. The largest absolute Gasteiger partial charge is 0.321 e. The van der Waals surface area contributed by atoms with Crippen molar-refractivity contribution < 1.29 is 14.4 Å². The molecule has 0 radical (unpaired) electrons. The molecule has 3 amide bonds. The number of rotatable bonds is 10. The molecule has 1 atom stereocenters. The van der Waals surface area contributed by atoms with Gasteiger partial charge in [-0.1, -0.05) is 95.7 Å². The van der Waals surface area contributed by atoms with Crippen LogP contribution in [-0.2, 0) is 9.59 Å². The molecule has 5 aromatic carbocycles. The van der Waals surface area contributed by atoms with Gasteiger partial charge in [-0.05, 0) is 77.9 Å². The SMILES string of the molecule is O=C(Nc1ccc(SC(C(=O)Nc2nc3ccccc3s2)c2ccccc2)cc1)/C(=C/c1cccc(Cl)c1)NC(=O)c1ccccc1. The quantitative estimate of drug-likeness (QED) is 0.0996. The number of benzene rings is 5. The maximum Gasteiger partial charge on any atom is 0.272 e. The van der Waals surface area contributed by atoms with Crippen LogP contribution in [0.5, 0.6) is 0 Å². The number of nitrogens with zero attached hydrogens (tertiary/aromatic N) is 1. The number of thiazole rings is 1. The third-order valence-corrected chi connectivity index (χ3v) is 9.37. The summed E-state index contributed by atoms with van der Waals surface area (Å²) in [5, 5.41) is 9.08. The van der Waals surface area contributed by atoms with E-state index in [2.05, 4.69) is 20.9 Å². The van der Waals surface area contributed by atoms with Gasteiger partial charge in [-0.25, -0.2) is 4.98 Å². The van der Waals surface area contributed by atoms with E-state index in [9.17, 15) is 14.4 Å². The number of carbonyl (C=O) groups excluding carboxylic acids is 3. The third-order valence-electron chi connectivity index (χ3n) is 6.92. The highest BCUT2D eigenvalue weighted by atomic mass is 35.5. The lowest BCUT2D eigenvalue weighted by Crippen LogP contribution is -2.30. The molecule has 0 aliphatic heterocycles. The zero-order chi connectivity index (χ0) is 32.6. The van der Waals surface area contributed by atoms with Crippen molar-refractivity contribution in [1.29, 1.82) is 0 Å². The third kappa shape index (κ3) is 8.33. The highest BCUT2D eigenvalue weighted by molar-refractivity contribution is 8.00. The Labute approximate surface area is 284 Å².